The number of nitrogens with zero attached hydrogens (tertiary/aromatic N) is 1. The van der Waals surface area contributed by atoms with Crippen molar-refractivity contribution in [1.82, 2.24) is 5.32 Å². The van der Waals surface area contributed by atoms with Gasteiger partial charge in [-0.25, -0.2) is 0 Å². The molecule has 164 valence electrons. The number of hydrogen-bond acceptors (Lipinski definition) is 5. The topological polar surface area (TPSA) is 82.0 Å². The van der Waals surface area contributed by atoms with Gasteiger partial charge in [0.2, 0.25) is 5.91 Å². The SMILES string of the molecule is CC(=O)C1=C(C)NC(SCC(=O)Nc2ccc(C)c(Cl)c2)=C(C#N)[C@H]1c1ccc(Cl)cc1. The molecule has 2 N–H and O–H groups in total. The van der Waals surface area contributed by atoms with E-state index in [1.165, 1.54) is 18.7 Å². The second-order valence-corrected chi connectivity index (χ2v) is 9.19. The lowest BCUT2D eigenvalue weighted by Gasteiger charge is -2.29. The van der Waals surface area contributed by atoms with E-state index in [-0.39, 0.29) is 17.4 Å². The van der Waals surface area contributed by atoms with Crippen LogP contribution < -0.4 is 10.6 Å². The Morgan fingerprint density at radius 3 is 2.44 bits per heavy atom. The fourth-order valence-corrected chi connectivity index (χ4v) is 4.69. The van der Waals surface area contributed by atoms with Crippen LogP contribution >= 0.6 is 35.0 Å². The molecule has 0 aliphatic carbocycles. The van der Waals surface area contributed by atoms with Crippen LogP contribution in [0.4, 0.5) is 5.69 Å². The fourth-order valence-electron chi connectivity index (χ4n) is 3.49. The first kappa shape index (κ1) is 23.9. The molecular weight excluding hydrogens is 465 g/mol. The van der Waals surface area contributed by atoms with Crippen molar-refractivity contribution in [2.75, 3.05) is 11.1 Å². The lowest BCUT2D eigenvalue weighted by Crippen LogP contribution is -2.27. The molecule has 5 nitrogen and oxygen atoms in total. The minimum absolute atomic E-state index is 0.0784. The maximum Gasteiger partial charge on any atom is 0.234 e. The zero-order valence-electron chi connectivity index (χ0n) is 17.8. The number of allylic oxidation sites excluding steroid dienone is 3. The second-order valence-electron chi connectivity index (χ2n) is 7.36. The molecular formula is C24H21Cl2N3O2S. The van der Waals surface area contributed by atoms with Crippen molar-refractivity contribution in [3.05, 3.63) is 85.5 Å². The molecule has 0 unspecified atom stereocenters. The highest BCUT2D eigenvalue weighted by Crippen LogP contribution is 2.41. The third-order valence-corrected chi connectivity index (χ3v) is 6.71. The highest BCUT2D eigenvalue weighted by Gasteiger charge is 2.33. The summed E-state index contributed by atoms with van der Waals surface area (Å²) in [5.41, 5.74) is 3.88. The van der Waals surface area contributed by atoms with Crippen LogP contribution in [0.5, 0.6) is 0 Å². The van der Waals surface area contributed by atoms with E-state index in [2.05, 4.69) is 16.7 Å². The maximum absolute atomic E-state index is 12.5. The summed E-state index contributed by atoms with van der Waals surface area (Å²) in [4.78, 5) is 24.9. The fraction of sp³-hybridized carbons (Fsp3) is 0.208. The Morgan fingerprint density at radius 2 is 1.84 bits per heavy atom. The van der Waals surface area contributed by atoms with Crippen molar-refractivity contribution in [3.63, 3.8) is 0 Å². The molecule has 0 aromatic heterocycles. The smallest absolute Gasteiger partial charge is 0.234 e. The van der Waals surface area contributed by atoms with E-state index in [1.54, 1.807) is 31.2 Å². The van der Waals surface area contributed by atoms with Crippen molar-refractivity contribution >= 4 is 52.3 Å². The Bertz CT molecular complexity index is 1180. The van der Waals surface area contributed by atoms with Crippen LogP contribution in [-0.4, -0.2) is 17.4 Å². The van der Waals surface area contributed by atoms with Crippen LogP contribution in [0.2, 0.25) is 10.0 Å². The van der Waals surface area contributed by atoms with Crippen molar-refractivity contribution in [2.45, 2.75) is 26.7 Å². The summed E-state index contributed by atoms with van der Waals surface area (Å²) in [6.45, 7) is 5.16. The highest BCUT2D eigenvalue weighted by atomic mass is 35.5. The number of Topliss-reactive ketones (excluding diaryl/α,β-unsaturated/α-hetero) is 1. The first-order valence-corrected chi connectivity index (χ1v) is 11.5. The van der Waals surface area contributed by atoms with E-state index >= 15 is 0 Å². The van der Waals surface area contributed by atoms with E-state index in [0.29, 0.717) is 37.6 Å². The first-order valence-electron chi connectivity index (χ1n) is 9.78. The number of amides is 1. The highest BCUT2D eigenvalue weighted by molar-refractivity contribution is 8.03. The zero-order valence-corrected chi connectivity index (χ0v) is 20.1. The van der Waals surface area contributed by atoms with E-state index < -0.39 is 5.92 Å². The van der Waals surface area contributed by atoms with Crippen LogP contribution in [0.3, 0.4) is 0 Å². The van der Waals surface area contributed by atoms with Crippen LogP contribution in [0, 0.1) is 18.3 Å². The van der Waals surface area contributed by atoms with Gasteiger partial charge in [0.05, 0.1) is 28.3 Å². The number of aryl methyl sites for hydroxylation is 1. The lowest BCUT2D eigenvalue weighted by molar-refractivity contribution is -0.114. The number of nitriles is 1. The van der Waals surface area contributed by atoms with Gasteiger partial charge < -0.3 is 10.6 Å². The number of carbonyl (C=O) groups is 2. The van der Waals surface area contributed by atoms with Gasteiger partial charge >= 0.3 is 0 Å². The van der Waals surface area contributed by atoms with E-state index in [0.717, 1.165) is 11.1 Å². The van der Waals surface area contributed by atoms with Crippen LogP contribution in [-0.2, 0) is 9.59 Å². The molecule has 0 spiro atoms. The molecule has 1 heterocycles. The van der Waals surface area contributed by atoms with Crippen LogP contribution in [0.1, 0.15) is 30.9 Å². The number of anilines is 1. The summed E-state index contributed by atoms with van der Waals surface area (Å²) < 4.78 is 0. The number of ketones is 1. The molecule has 8 heteroatoms. The van der Waals surface area contributed by atoms with Gasteiger partial charge in [-0.05, 0) is 56.2 Å². The predicted octanol–water partition coefficient (Wildman–Crippen LogP) is 5.96. The van der Waals surface area contributed by atoms with E-state index in [1.807, 2.05) is 25.1 Å². The van der Waals surface area contributed by atoms with Gasteiger partial charge in [-0.2, -0.15) is 5.26 Å². The van der Waals surface area contributed by atoms with Gasteiger partial charge in [0, 0.05) is 27.0 Å². The Balaban J connectivity index is 1.85. The summed E-state index contributed by atoms with van der Waals surface area (Å²) in [5.74, 6) is -0.809. The lowest BCUT2D eigenvalue weighted by atomic mass is 9.81. The van der Waals surface area contributed by atoms with Crippen molar-refractivity contribution in [2.24, 2.45) is 0 Å². The standard InChI is InChI=1S/C24H21Cl2N3O2S/c1-13-4-9-18(10-20(13)26)29-21(31)12-32-24-19(11-27)23(16-5-7-17(25)8-6-16)22(15(3)30)14(2)28-24/h4-10,23,28H,12H2,1-3H3,(H,29,31)/t23-/m1/s1. The maximum atomic E-state index is 12.5. The van der Waals surface area contributed by atoms with Gasteiger partial charge in [0.1, 0.15) is 0 Å². The summed E-state index contributed by atoms with van der Waals surface area (Å²) in [6, 6.07) is 14.6. The Morgan fingerprint density at radius 1 is 1.16 bits per heavy atom. The largest absolute Gasteiger partial charge is 0.353 e. The van der Waals surface area contributed by atoms with Gasteiger partial charge in [0.15, 0.2) is 5.78 Å². The molecule has 0 bridgehead atoms. The molecule has 3 rings (SSSR count). The average Bonchev–Trinajstić information content (AvgIpc) is 2.74. The Labute approximate surface area is 201 Å². The third kappa shape index (κ3) is 5.36. The summed E-state index contributed by atoms with van der Waals surface area (Å²) in [6.07, 6.45) is 0. The number of thioether (sulfide) groups is 1. The number of carbonyl (C=O) groups excluding carboxylic acids is 2. The normalized spacial score (nSPS) is 15.8. The molecule has 1 atom stereocenters. The van der Waals surface area contributed by atoms with Crippen molar-refractivity contribution in [1.29, 1.82) is 5.26 Å². The molecule has 1 aliphatic heterocycles. The molecule has 1 aliphatic rings. The monoisotopic (exact) mass is 485 g/mol. The molecule has 0 fully saturated rings. The molecule has 1 amide bonds. The Hall–Kier alpha value is -2.72. The molecule has 32 heavy (non-hydrogen) atoms. The molecule has 2 aromatic carbocycles. The minimum atomic E-state index is -0.530. The van der Waals surface area contributed by atoms with Crippen LogP contribution in [0.15, 0.2) is 64.3 Å². The van der Waals surface area contributed by atoms with Crippen molar-refractivity contribution < 1.29 is 9.59 Å². The number of halogens is 2. The molecule has 0 saturated carbocycles. The number of dihydropyridines is 1. The van der Waals surface area contributed by atoms with Crippen LogP contribution in [0.25, 0.3) is 0 Å². The van der Waals surface area contributed by atoms with Gasteiger partial charge in [-0.3, -0.25) is 9.59 Å². The van der Waals surface area contributed by atoms with Crippen molar-refractivity contribution in [3.8, 4) is 6.07 Å². The zero-order chi connectivity index (χ0) is 23.4. The molecule has 2 aromatic rings. The van der Waals surface area contributed by atoms with Gasteiger partial charge in [-0.1, -0.05) is 53.2 Å². The summed E-state index contributed by atoms with van der Waals surface area (Å²) >= 11 is 13.4. The Kier molecular flexibility index (Phi) is 7.68. The van der Waals surface area contributed by atoms with Gasteiger partial charge in [0.25, 0.3) is 0 Å². The molecule has 0 saturated heterocycles. The third-order valence-electron chi connectivity index (χ3n) is 5.03. The second kappa shape index (κ2) is 10.3. The van der Waals surface area contributed by atoms with Gasteiger partial charge in [-0.15, -0.1) is 0 Å². The number of nitrogens with one attached hydrogen (secondary N) is 2. The van der Waals surface area contributed by atoms with E-state index in [9.17, 15) is 14.9 Å². The predicted molar refractivity (Wildman–Crippen MR) is 131 cm³/mol. The first-order chi connectivity index (χ1) is 15.2. The number of benzene rings is 2. The number of hydrogen-bond donors (Lipinski definition) is 2. The number of rotatable bonds is 6. The quantitative estimate of drug-likeness (QED) is 0.527. The summed E-state index contributed by atoms with van der Waals surface area (Å²) in [7, 11) is 0. The average molecular weight is 486 g/mol. The molecule has 0 radical (unpaired) electrons. The summed E-state index contributed by atoms with van der Waals surface area (Å²) in [5, 5.41) is 17.6. The minimum Gasteiger partial charge on any atom is -0.353 e. The van der Waals surface area contributed by atoms with E-state index in [4.69, 9.17) is 23.2 Å².